The molecule has 7 heteroatoms. The number of hydrogen-bond acceptors (Lipinski definition) is 6. The van der Waals surface area contributed by atoms with E-state index in [2.05, 4.69) is 21.6 Å². The summed E-state index contributed by atoms with van der Waals surface area (Å²) in [7, 11) is 1.81. The Balaban J connectivity index is 1.90. The standard InChI is InChI=1S/C13H20N4OS2/c1-3-17(10-7-5-4-6-8-10)11(18)9-19-13-16-15-12(14-2)20-13/h7H,3-6,8-9H2,1-2H3,(H,14,15). The SMILES string of the molecule is CCN(C(=O)CSc1nnc(NC)s1)C1=CCCCC1. The molecule has 2 rings (SSSR count). The molecule has 1 amide bonds. The molecule has 0 fully saturated rings. The van der Waals surface area contributed by atoms with Gasteiger partial charge in [-0.1, -0.05) is 29.2 Å². The summed E-state index contributed by atoms with van der Waals surface area (Å²) in [5.74, 6) is 0.579. The number of rotatable bonds is 6. The lowest BCUT2D eigenvalue weighted by Crippen LogP contribution is -2.32. The molecule has 0 atom stereocenters. The molecule has 0 aromatic carbocycles. The van der Waals surface area contributed by atoms with E-state index in [0.29, 0.717) is 5.75 Å². The number of anilines is 1. The Morgan fingerprint density at radius 2 is 2.35 bits per heavy atom. The van der Waals surface area contributed by atoms with E-state index in [9.17, 15) is 4.79 Å². The molecule has 1 aliphatic carbocycles. The highest BCUT2D eigenvalue weighted by Crippen LogP contribution is 2.26. The molecular formula is C13H20N4OS2. The van der Waals surface area contributed by atoms with Gasteiger partial charge in [0, 0.05) is 19.3 Å². The Labute approximate surface area is 127 Å². The van der Waals surface area contributed by atoms with Crippen LogP contribution in [0.15, 0.2) is 16.1 Å². The monoisotopic (exact) mass is 312 g/mol. The molecule has 1 N–H and O–H groups in total. The minimum absolute atomic E-state index is 0.159. The summed E-state index contributed by atoms with van der Waals surface area (Å²) < 4.78 is 0.830. The maximum atomic E-state index is 12.3. The Kier molecular flexibility index (Phi) is 5.85. The van der Waals surface area contributed by atoms with Gasteiger partial charge in [-0.2, -0.15) is 0 Å². The van der Waals surface area contributed by atoms with Gasteiger partial charge in [-0.3, -0.25) is 4.79 Å². The van der Waals surface area contributed by atoms with Gasteiger partial charge in [-0.05, 0) is 32.6 Å². The van der Waals surface area contributed by atoms with Crippen LogP contribution in [0.25, 0.3) is 0 Å². The van der Waals surface area contributed by atoms with Crippen molar-refractivity contribution in [2.24, 2.45) is 0 Å². The Bertz CT molecular complexity index is 486. The molecule has 0 saturated heterocycles. The van der Waals surface area contributed by atoms with Gasteiger partial charge in [0.2, 0.25) is 11.0 Å². The molecule has 5 nitrogen and oxygen atoms in total. The highest BCUT2D eigenvalue weighted by atomic mass is 32.2. The van der Waals surface area contributed by atoms with Crippen LogP contribution in [0.4, 0.5) is 5.13 Å². The van der Waals surface area contributed by atoms with Crippen LogP contribution in [-0.2, 0) is 4.79 Å². The predicted molar refractivity (Wildman–Crippen MR) is 84.1 cm³/mol. The first-order chi connectivity index (χ1) is 9.74. The van der Waals surface area contributed by atoms with Gasteiger partial charge in [0.25, 0.3) is 0 Å². The summed E-state index contributed by atoms with van der Waals surface area (Å²) in [5, 5.41) is 11.7. The van der Waals surface area contributed by atoms with Gasteiger partial charge in [0.05, 0.1) is 5.75 Å². The average molecular weight is 312 g/mol. The van der Waals surface area contributed by atoms with Crippen molar-refractivity contribution in [1.82, 2.24) is 15.1 Å². The second kappa shape index (κ2) is 7.64. The molecule has 0 aliphatic heterocycles. The van der Waals surface area contributed by atoms with Gasteiger partial charge in [0.1, 0.15) is 0 Å². The first-order valence-electron chi connectivity index (χ1n) is 6.88. The fraction of sp³-hybridized carbons (Fsp3) is 0.615. The maximum absolute atomic E-state index is 12.3. The average Bonchev–Trinajstić information content (AvgIpc) is 2.95. The molecule has 0 spiro atoms. The molecule has 1 heterocycles. The number of hydrogen-bond donors (Lipinski definition) is 1. The number of carbonyl (C=O) groups is 1. The van der Waals surface area contributed by atoms with Crippen LogP contribution in [-0.4, -0.2) is 40.3 Å². The fourth-order valence-corrected chi connectivity index (χ4v) is 3.76. The molecule has 0 bridgehead atoms. The van der Waals surface area contributed by atoms with Crippen molar-refractivity contribution in [3.05, 3.63) is 11.8 Å². The first kappa shape index (κ1) is 15.3. The molecular weight excluding hydrogens is 292 g/mol. The molecule has 110 valence electrons. The molecule has 20 heavy (non-hydrogen) atoms. The molecule has 0 saturated carbocycles. The number of amides is 1. The lowest BCUT2D eigenvalue weighted by Gasteiger charge is -2.26. The summed E-state index contributed by atoms with van der Waals surface area (Å²) in [5.41, 5.74) is 1.19. The maximum Gasteiger partial charge on any atom is 0.237 e. The third-order valence-corrected chi connectivity index (χ3v) is 5.23. The van der Waals surface area contributed by atoms with Gasteiger partial charge in [-0.25, -0.2) is 0 Å². The highest BCUT2D eigenvalue weighted by molar-refractivity contribution is 8.01. The zero-order valence-corrected chi connectivity index (χ0v) is 13.5. The zero-order valence-electron chi connectivity index (χ0n) is 11.9. The van der Waals surface area contributed by atoms with Gasteiger partial charge >= 0.3 is 0 Å². The van der Waals surface area contributed by atoms with E-state index in [-0.39, 0.29) is 5.91 Å². The summed E-state index contributed by atoms with van der Waals surface area (Å²) in [4.78, 5) is 14.2. The fourth-order valence-electron chi connectivity index (χ4n) is 2.18. The number of nitrogens with one attached hydrogen (secondary N) is 1. The van der Waals surface area contributed by atoms with Crippen LogP contribution >= 0.6 is 23.1 Å². The van der Waals surface area contributed by atoms with E-state index >= 15 is 0 Å². The second-order valence-electron chi connectivity index (χ2n) is 4.49. The van der Waals surface area contributed by atoms with Crippen LogP contribution in [0.2, 0.25) is 0 Å². The van der Waals surface area contributed by atoms with E-state index in [1.165, 1.54) is 41.6 Å². The van der Waals surface area contributed by atoms with Crippen LogP contribution in [0.3, 0.4) is 0 Å². The molecule has 1 aromatic heterocycles. The topological polar surface area (TPSA) is 58.1 Å². The smallest absolute Gasteiger partial charge is 0.237 e. The summed E-state index contributed by atoms with van der Waals surface area (Å²) in [6, 6.07) is 0. The summed E-state index contributed by atoms with van der Waals surface area (Å²) >= 11 is 2.93. The van der Waals surface area contributed by atoms with Gasteiger partial charge < -0.3 is 10.2 Å². The lowest BCUT2D eigenvalue weighted by atomic mass is 10.0. The zero-order chi connectivity index (χ0) is 14.4. The predicted octanol–water partition coefficient (Wildman–Crippen LogP) is 2.98. The van der Waals surface area contributed by atoms with E-state index in [0.717, 1.165) is 28.9 Å². The number of allylic oxidation sites excluding steroid dienone is 2. The van der Waals surface area contributed by atoms with Crippen molar-refractivity contribution in [1.29, 1.82) is 0 Å². The minimum atomic E-state index is 0.159. The van der Waals surface area contributed by atoms with E-state index in [1.807, 2.05) is 18.9 Å². The molecule has 0 radical (unpaired) electrons. The van der Waals surface area contributed by atoms with Crippen LogP contribution in [0.5, 0.6) is 0 Å². The van der Waals surface area contributed by atoms with E-state index in [4.69, 9.17) is 0 Å². The summed E-state index contributed by atoms with van der Waals surface area (Å²) in [6.45, 7) is 2.77. The number of carbonyl (C=O) groups excluding carboxylic acids is 1. The second-order valence-corrected chi connectivity index (χ2v) is 6.69. The van der Waals surface area contributed by atoms with Crippen LogP contribution < -0.4 is 5.32 Å². The normalized spacial score (nSPS) is 14.8. The van der Waals surface area contributed by atoms with Crippen molar-refractivity contribution in [2.75, 3.05) is 24.7 Å². The van der Waals surface area contributed by atoms with Crippen molar-refractivity contribution in [2.45, 2.75) is 36.9 Å². The van der Waals surface area contributed by atoms with Crippen molar-refractivity contribution < 1.29 is 4.79 Å². The van der Waals surface area contributed by atoms with Crippen molar-refractivity contribution in [3.8, 4) is 0 Å². The van der Waals surface area contributed by atoms with Crippen LogP contribution in [0.1, 0.15) is 32.6 Å². The number of aromatic nitrogens is 2. The molecule has 1 aromatic rings. The number of nitrogens with zero attached hydrogens (tertiary/aromatic N) is 3. The Hall–Kier alpha value is -1.08. The number of thioether (sulfide) groups is 1. The van der Waals surface area contributed by atoms with Gasteiger partial charge in [-0.15, -0.1) is 10.2 Å². The third-order valence-electron chi connectivity index (χ3n) is 3.17. The molecule has 0 unspecified atom stereocenters. The molecule has 1 aliphatic rings. The minimum Gasteiger partial charge on any atom is -0.363 e. The Morgan fingerprint density at radius 1 is 1.50 bits per heavy atom. The van der Waals surface area contributed by atoms with E-state index < -0.39 is 0 Å². The van der Waals surface area contributed by atoms with Crippen LogP contribution in [0, 0.1) is 0 Å². The van der Waals surface area contributed by atoms with Crippen molar-refractivity contribution in [3.63, 3.8) is 0 Å². The van der Waals surface area contributed by atoms with Crippen molar-refractivity contribution >= 4 is 34.1 Å². The third kappa shape index (κ3) is 3.96. The van der Waals surface area contributed by atoms with Gasteiger partial charge in [0.15, 0.2) is 4.34 Å². The largest absolute Gasteiger partial charge is 0.363 e. The first-order valence-corrected chi connectivity index (χ1v) is 8.68. The van der Waals surface area contributed by atoms with E-state index in [1.54, 1.807) is 0 Å². The highest BCUT2D eigenvalue weighted by Gasteiger charge is 2.18. The quantitative estimate of drug-likeness (QED) is 0.818. The lowest BCUT2D eigenvalue weighted by molar-refractivity contribution is -0.126. The Morgan fingerprint density at radius 3 is 2.95 bits per heavy atom. The summed E-state index contributed by atoms with van der Waals surface area (Å²) in [6.07, 6.45) is 6.74.